The van der Waals surface area contributed by atoms with E-state index in [9.17, 15) is 0 Å². The fourth-order valence-corrected chi connectivity index (χ4v) is 40.7. The van der Waals surface area contributed by atoms with Crippen molar-refractivity contribution in [3.63, 3.8) is 0 Å². The van der Waals surface area contributed by atoms with Crippen molar-refractivity contribution in [2.75, 3.05) is 0 Å². The van der Waals surface area contributed by atoms with Crippen LogP contribution in [0.3, 0.4) is 0 Å². The van der Waals surface area contributed by atoms with E-state index in [0.717, 1.165) is 3.08 Å². The Labute approximate surface area is 106 Å². The van der Waals surface area contributed by atoms with E-state index >= 15 is 0 Å². The summed E-state index contributed by atoms with van der Waals surface area (Å²) in [5, 5.41) is 0.479. The minimum atomic E-state index is -1.57. The monoisotopic (exact) mass is 354 g/mol. The molecule has 1 rings (SSSR count). The molecule has 1 aliphatic rings. The molecule has 0 radical (unpaired) electrons. The first kappa shape index (κ1) is 14.4. The van der Waals surface area contributed by atoms with Crippen LogP contribution in [-0.4, -0.2) is 31.9 Å². The van der Waals surface area contributed by atoms with E-state index in [1.54, 1.807) is 0 Å². The third-order valence-corrected chi connectivity index (χ3v) is 35.6. The van der Waals surface area contributed by atoms with Crippen molar-refractivity contribution >= 4 is 38.1 Å². The maximum absolute atomic E-state index is 6.29. The van der Waals surface area contributed by atoms with E-state index < -0.39 is 26.5 Å². The molecule has 0 aliphatic heterocycles. The number of rotatable bonds is 2. The van der Waals surface area contributed by atoms with Crippen LogP contribution in [-0.2, 0) is 0 Å². The summed E-state index contributed by atoms with van der Waals surface area (Å²) in [5.41, 5.74) is 0. The maximum atomic E-state index is 6.29. The molecule has 1 aliphatic carbocycles. The van der Waals surface area contributed by atoms with E-state index in [1.165, 1.54) is 25.7 Å². The molecule has 0 unspecified atom stereocenters. The summed E-state index contributed by atoms with van der Waals surface area (Å²) in [4.78, 5) is 0. The molecule has 0 spiro atoms. The van der Waals surface area contributed by atoms with Gasteiger partial charge < -0.3 is 0 Å². The molecule has 0 N–H and O–H groups in total. The predicted octanol–water partition coefficient (Wildman–Crippen LogP) is 5.12. The van der Waals surface area contributed by atoms with Gasteiger partial charge in [-0.25, -0.2) is 0 Å². The van der Waals surface area contributed by atoms with Gasteiger partial charge in [-0.15, -0.1) is 0 Å². The van der Waals surface area contributed by atoms with Gasteiger partial charge in [0.25, 0.3) is 0 Å². The summed E-state index contributed by atoms with van der Waals surface area (Å²) in [5.74, 6) is 15.8. The molecule has 0 aromatic rings. The van der Waals surface area contributed by atoms with Gasteiger partial charge in [-0.2, -0.15) is 0 Å². The number of hydrogen-bond acceptors (Lipinski definition) is 0. The number of hydrogen-bond donors (Lipinski definition) is 0. The second-order valence-corrected chi connectivity index (χ2v) is 33.0. The molecule has 0 bridgehead atoms. The molecule has 0 heterocycles. The molecular weight excluding hydrogens is 325 g/mol. The zero-order valence-electron chi connectivity index (χ0n) is 11.3. The molecule has 0 saturated heterocycles. The SMILES string of the molecule is [CH3][Ge]([CH3])([CH3])[C]1([Ge]([CH3])([CH3])[CH3])CCC(Cl)CC1. The van der Waals surface area contributed by atoms with Crippen LogP contribution in [0.15, 0.2) is 0 Å². The quantitative estimate of drug-likeness (QED) is 0.478. The Morgan fingerprint density at radius 1 is 0.867 bits per heavy atom. The van der Waals surface area contributed by atoms with Crippen LogP contribution >= 0.6 is 11.6 Å². The third-order valence-electron chi connectivity index (χ3n) is 4.64. The standard InChI is InChI=1S/C12H27ClGe2/c1-14(2,3)12(15(4,5)6)9-7-11(13)8-10-12/h11H,7-10H2,1-6H3. The molecule has 15 heavy (non-hydrogen) atoms. The van der Waals surface area contributed by atoms with Gasteiger partial charge in [0.1, 0.15) is 0 Å². The van der Waals surface area contributed by atoms with Gasteiger partial charge in [-0.1, -0.05) is 0 Å². The van der Waals surface area contributed by atoms with Gasteiger partial charge in [0.2, 0.25) is 0 Å². The van der Waals surface area contributed by atoms with Gasteiger partial charge in [-0.05, 0) is 0 Å². The molecule has 0 aromatic carbocycles. The topological polar surface area (TPSA) is 0 Å². The molecule has 1 fully saturated rings. The second kappa shape index (κ2) is 4.57. The van der Waals surface area contributed by atoms with Gasteiger partial charge >= 0.3 is 107 Å². The van der Waals surface area contributed by atoms with Gasteiger partial charge in [-0.3, -0.25) is 0 Å². The fraction of sp³-hybridized carbons (Fsp3) is 1.00. The molecule has 0 amide bonds. The number of alkyl halides is 1. The van der Waals surface area contributed by atoms with E-state index in [2.05, 4.69) is 34.5 Å². The van der Waals surface area contributed by atoms with Crippen LogP contribution in [0.5, 0.6) is 0 Å². The van der Waals surface area contributed by atoms with Crippen molar-refractivity contribution in [3.05, 3.63) is 0 Å². The summed E-state index contributed by atoms with van der Waals surface area (Å²) in [6.45, 7) is 0. The van der Waals surface area contributed by atoms with Gasteiger partial charge in [0.15, 0.2) is 0 Å². The normalized spacial score (nSPS) is 24.2. The first-order valence-electron chi connectivity index (χ1n) is 6.24. The van der Waals surface area contributed by atoms with E-state index in [1.807, 2.05) is 0 Å². The van der Waals surface area contributed by atoms with Crippen LogP contribution < -0.4 is 0 Å². The van der Waals surface area contributed by atoms with E-state index in [-0.39, 0.29) is 0 Å². The van der Waals surface area contributed by atoms with Crippen LogP contribution in [0.1, 0.15) is 25.7 Å². The Bertz CT molecular complexity index is 201. The average Bonchev–Trinajstić information content (AvgIpc) is 2.00. The van der Waals surface area contributed by atoms with Crippen molar-refractivity contribution < 1.29 is 0 Å². The van der Waals surface area contributed by atoms with Crippen molar-refractivity contribution in [2.24, 2.45) is 0 Å². The van der Waals surface area contributed by atoms with Crippen molar-refractivity contribution in [1.29, 1.82) is 0 Å². The Kier molecular flexibility index (Phi) is 4.40. The third kappa shape index (κ3) is 2.79. The Balaban J connectivity index is 2.99. The first-order chi connectivity index (χ1) is 6.60. The summed E-state index contributed by atoms with van der Waals surface area (Å²) in [6, 6.07) is 0. The zero-order chi connectivity index (χ0) is 11.9. The van der Waals surface area contributed by atoms with Crippen molar-refractivity contribution in [3.8, 4) is 0 Å². The van der Waals surface area contributed by atoms with Crippen molar-refractivity contribution in [2.45, 2.75) is 68.7 Å². The predicted molar refractivity (Wildman–Crippen MR) is 77.5 cm³/mol. The summed E-state index contributed by atoms with van der Waals surface area (Å²) < 4.78 is 0.825. The summed E-state index contributed by atoms with van der Waals surface area (Å²) in [7, 11) is 0. The van der Waals surface area contributed by atoms with E-state index in [0.29, 0.717) is 5.38 Å². The van der Waals surface area contributed by atoms with Crippen LogP contribution in [0, 0.1) is 0 Å². The van der Waals surface area contributed by atoms with Crippen molar-refractivity contribution in [1.82, 2.24) is 0 Å². The summed E-state index contributed by atoms with van der Waals surface area (Å²) in [6.07, 6.45) is 5.47. The van der Waals surface area contributed by atoms with Crippen LogP contribution in [0.2, 0.25) is 37.6 Å². The summed E-state index contributed by atoms with van der Waals surface area (Å²) >= 11 is 3.14. The molecule has 1 saturated carbocycles. The molecule has 3 heteroatoms. The molecule has 0 atom stereocenters. The van der Waals surface area contributed by atoms with Gasteiger partial charge in [0, 0.05) is 0 Å². The fourth-order valence-electron chi connectivity index (χ4n) is 3.70. The van der Waals surface area contributed by atoms with E-state index in [4.69, 9.17) is 11.6 Å². The molecule has 90 valence electrons. The Morgan fingerprint density at radius 2 is 1.20 bits per heavy atom. The second-order valence-electron chi connectivity index (χ2n) is 7.26. The van der Waals surface area contributed by atoms with Crippen LogP contribution in [0.4, 0.5) is 0 Å². The van der Waals surface area contributed by atoms with Gasteiger partial charge in [0.05, 0.1) is 0 Å². The van der Waals surface area contributed by atoms with Crippen LogP contribution in [0.25, 0.3) is 0 Å². The Morgan fingerprint density at radius 3 is 1.47 bits per heavy atom. The number of halogens is 1. The average molecular weight is 352 g/mol. The first-order valence-corrected chi connectivity index (χ1v) is 21.4. The Hall–Kier alpha value is 1.38. The molecule has 0 nitrogen and oxygen atoms in total. The molecule has 0 aromatic heterocycles. The minimum absolute atomic E-state index is 0.479. The zero-order valence-corrected chi connectivity index (χ0v) is 16.2. The molecular formula is C12H27ClGe2.